The fourth-order valence-corrected chi connectivity index (χ4v) is 2.10. The van der Waals surface area contributed by atoms with Crippen molar-refractivity contribution in [3.63, 3.8) is 0 Å². The summed E-state index contributed by atoms with van der Waals surface area (Å²) in [5.74, 6) is -1.47. The van der Waals surface area contributed by atoms with Crippen molar-refractivity contribution in [1.82, 2.24) is 5.32 Å². The van der Waals surface area contributed by atoms with E-state index in [2.05, 4.69) is 21.2 Å². The summed E-state index contributed by atoms with van der Waals surface area (Å²) in [4.78, 5) is 21.8. The second-order valence-corrected chi connectivity index (χ2v) is 4.85. The zero-order valence-corrected chi connectivity index (χ0v) is 11.4. The molecule has 0 aliphatic heterocycles. The molecular weight excluding hydrogens is 309 g/mol. The van der Waals surface area contributed by atoms with E-state index in [4.69, 9.17) is 16.7 Å². The number of carboxylic acid groups (broad SMARTS) is 1. The quantitative estimate of drug-likeness (QED) is 0.894. The van der Waals surface area contributed by atoms with E-state index in [1.54, 1.807) is 18.2 Å². The van der Waals surface area contributed by atoms with Gasteiger partial charge in [-0.25, -0.2) is 4.79 Å². The van der Waals surface area contributed by atoms with Crippen LogP contribution in [0.25, 0.3) is 0 Å². The normalized spacial score (nSPS) is 11.9. The molecule has 0 spiro atoms. The van der Waals surface area contributed by atoms with Crippen LogP contribution in [0.4, 0.5) is 0 Å². The number of hydrogen-bond donors (Lipinski definition) is 2. The van der Waals surface area contributed by atoms with E-state index in [1.165, 1.54) is 6.92 Å². The van der Waals surface area contributed by atoms with Gasteiger partial charge in [-0.3, -0.25) is 4.79 Å². The van der Waals surface area contributed by atoms with E-state index in [-0.39, 0.29) is 12.3 Å². The van der Waals surface area contributed by atoms with Gasteiger partial charge in [0.1, 0.15) is 6.04 Å². The van der Waals surface area contributed by atoms with Crippen molar-refractivity contribution in [3.05, 3.63) is 33.3 Å². The fraction of sp³-hybridized carbons (Fsp3) is 0.273. The average Bonchev–Trinajstić information content (AvgIpc) is 2.19. The Hall–Kier alpha value is -1.07. The van der Waals surface area contributed by atoms with Crippen LogP contribution in [-0.4, -0.2) is 23.0 Å². The lowest BCUT2D eigenvalue weighted by Gasteiger charge is -2.14. The predicted molar refractivity (Wildman–Crippen MR) is 68.1 cm³/mol. The van der Waals surface area contributed by atoms with Crippen LogP contribution in [0.3, 0.4) is 0 Å². The Balaban J connectivity index is 2.86. The van der Waals surface area contributed by atoms with E-state index >= 15 is 0 Å². The van der Waals surface area contributed by atoms with Gasteiger partial charge in [0.25, 0.3) is 0 Å². The lowest BCUT2D eigenvalue weighted by atomic mass is 10.1. The van der Waals surface area contributed by atoms with Gasteiger partial charge in [-0.15, -0.1) is 0 Å². The molecule has 1 aromatic carbocycles. The van der Waals surface area contributed by atoms with Gasteiger partial charge in [0, 0.05) is 22.8 Å². The number of carbonyl (C=O) groups is 2. The van der Waals surface area contributed by atoms with Crippen LogP contribution < -0.4 is 5.32 Å². The van der Waals surface area contributed by atoms with Gasteiger partial charge in [-0.1, -0.05) is 33.6 Å². The van der Waals surface area contributed by atoms with Crippen LogP contribution in [0.5, 0.6) is 0 Å². The molecule has 0 bridgehead atoms. The standard InChI is InChI=1S/C11H11BrClNO3/c1-6(15)14-10(11(16)17)4-7-2-3-8(12)5-9(7)13/h2-3,5,10H,4H2,1H3,(H,14,15)(H,16,17). The molecule has 4 nitrogen and oxygen atoms in total. The van der Waals surface area contributed by atoms with Crippen molar-refractivity contribution in [2.24, 2.45) is 0 Å². The van der Waals surface area contributed by atoms with Gasteiger partial charge in [0.2, 0.25) is 5.91 Å². The average molecular weight is 321 g/mol. The van der Waals surface area contributed by atoms with Crippen molar-refractivity contribution in [1.29, 1.82) is 0 Å². The topological polar surface area (TPSA) is 66.4 Å². The Morgan fingerprint density at radius 3 is 2.65 bits per heavy atom. The summed E-state index contributed by atoms with van der Waals surface area (Å²) < 4.78 is 0.817. The molecule has 0 saturated carbocycles. The smallest absolute Gasteiger partial charge is 0.326 e. The third-order valence-electron chi connectivity index (χ3n) is 2.11. The maximum absolute atomic E-state index is 11.0. The second-order valence-electron chi connectivity index (χ2n) is 3.53. The number of hydrogen-bond acceptors (Lipinski definition) is 2. The minimum atomic E-state index is -1.08. The number of aliphatic carboxylic acids is 1. The highest BCUT2D eigenvalue weighted by molar-refractivity contribution is 9.10. The van der Waals surface area contributed by atoms with Crippen LogP contribution in [0.2, 0.25) is 5.02 Å². The first kappa shape index (κ1) is 14.0. The summed E-state index contributed by atoms with van der Waals surface area (Å²) in [6.45, 7) is 1.28. The molecule has 17 heavy (non-hydrogen) atoms. The maximum atomic E-state index is 11.0. The van der Waals surface area contributed by atoms with Crippen molar-refractivity contribution in [3.8, 4) is 0 Å². The number of rotatable bonds is 4. The first-order valence-corrected chi connectivity index (χ1v) is 6.01. The summed E-state index contributed by atoms with van der Waals surface area (Å²) in [5, 5.41) is 11.8. The number of carboxylic acids is 1. The monoisotopic (exact) mass is 319 g/mol. The van der Waals surface area contributed by atoms with Gasteiger partial charge >= 0.3 is 5.97 Å². The summed E-state index contributed by atoms with van der Waals surface area (Å²) in [6, 6.07) is 4.22. The Kier molecular flexibility index (Phi) is 4.96. The Bertz CT molecular complexity index is 450. The lowest BCUT2D eigenvalue weighted by molar-refractivity contribution is -0.141. The SMILES string of the molecule is CC(=O)NC(Cc1ccc(Br)cc1Cl)C(=O)O. The highest BCUT2D eigenvalue weighted by Crippen LogP contribution is 2.22. The largest absolute Gasteiger partial charge is 0.480 e. The molecule has 1 aromatic rings. The fourth-order valence-electron chi connectivity index (χ4n) is 1.35. The Morgan fingerprint density at radius 2 is 2.18 bits per heavy atom. The number of benzene rings is 1. The third-order valence-corrected chi connectivity index (χ3v) is 2.96. The summed E-state index contributed by atoms with van der Waals surface area (Å²) >= 11 is 9.24. The Labute approximate surface area is 112 Å². The van der Waals surface area contributed by atoms with Crippen molar-refractivity contribution in [2.75, 3.05) is 0 Å². The molecule has 1 rings (SSSR count). The summed E-state index contributed by atoms with van der Waals surface area (Å²) in [6.07, 6.45) is 0.154. The molecule has 0 saturated heterocycles. The van der Waals surface area contributed by atoms with Crippen molar-refractivity contribution < 1.29 is 14.7 Å². The molecule has 0 fully saturated rings. The van der Waals surface area contributed by atoms with E-state index < -0.39 is 12.0 Å². The molecule has 0 aliphatic carbocycles. The van der Waals surface area contributed by atoms with Crippen molar-refractivity contribution >= 4 is 39.4 Å². The first-order chi connectivity index (χ1) is 7.90. The van der Waals surface area contributed by atoms with E-state index in [9.17, 15) is 9.59 Å². The van der Waals surface area contributed by atoms with E-state index in [0.29, 0.717) is 10.6 Å². The minimum absolute atomic E-state index is 0.154. The molecule has 2 N–H and O–H groups in total. The maximum Gasteiger partial charge on any atom is 0.326 e. The third kappa shape index (κ3) is 4.36. The number of amides is 1. The molecule has 1 amide bonds. The molecule has 0 heterocycles. The van der Waals surface area contributed by atoms with Crippen molar-refractivity contribution in [2.45, 2.75) is 19.4 Å². The van der Waals surface area contributed by atoms with Crippen LogP contribution in [0, 0.1) is 0 Å². The highest BCUT2D eigenvalue weighted by Gasteiger charge is 2.19. The molecule has 0 aliphatic rings. The zero-order chi connectivity index (χ0) is 13.0. The molecule has 1 atom stereocenters. The number of nitrogens with one attached hydrogen (secondary N) is 1. The summed E-state index contributed by atoms with van der Waals surface area (Å²) in [5.41, 5.74) is 0.677. The summed E-state index contributed by atoms with van der Waals surface area (Å²) in [7, 11) is 0. The molecular formula is C11H11BrClNO3. The van der Waals surface area contributed by atoms with E-state index in [0.717, 1.165) is 4.47 Å². The van der Waals surface area contributed by atoms with Crippen LogP contribution in [-0.2, 0) is 16.0 Å². The van der Waals surface area contributed by atoms with Crippen LogP contribution in [0.1, 0.15) is 12.5 Å². The van der Waals surface area contributed by atoms with E-state index in [1.807, 2.05) is 0 Å². The molecule has 0 radical (unpaired) electrons. The van der Waals surface area contributed by atoms with Crippen LogP contribution >= 0.6 is 27.5 Å². The second kappa shape index (κ2) is 6.02. The number of halogens is 2. The first-order valence-electron chi connectivity index (χ1n) is 4.84. The minimum Gasteiger partial charge on any atom is -0.480 e. The molecule has 92 valence electrons. The zero-order valence-electron chi connectivity index (χ0n) is 9.04. The molecule has 1 unspecified atom stereocenters. The highest BCUT2D eigenvalue weighted by atomic mass is 79.9. The molecule has 6 heteroatoms. The number of carbonyl (C=O) groups excluding carboxylic acids is 1. The molecule has 0 aromatic heterocycles. The Morgan fingerprint density at radius 1 is 1.53 bits per heavy atom. The van der Waals surface area contributed by atoms with Gasteiger partial charge < -0.3 is 10.4 Å². The van der Waals surface area contributed by atoms with Gasteiger partial charge in [0.15, 0.2) is 0 Å². The van der Waals surface area contributed by atoms with Gasteiger partial charge in [-0.2, -0.15) is 0 Å². The van der Waals surface area contributed by atoms with Crippen LogP contribution in [0.15, 0.2) is 22.7 Å². The van der Waals surface area contributed by atoms with Gasteiger partial charge in [0.05, 0.1) is 0 Å². The lowest BCUT2D eigenvalue weighted by Crippen LogP contribution is -2.41. The predicted octanol–water partition coefficient (Wildman–Crippen LogP) is 2.23. The van der Waals surface area contributed by atoms with Gasteiger partial charge in [-0.05, 0) is 17.7 Å².